The van der Waals surface area contributed by atoms with Gasteiger partial charge in [0.25, 0.3) is 5.91 Å². The van der Waals surface area contributed by atoms with E-state index < -0.39 is 12.0 Å². The number of amides is 1. The first-order chi connectivity index (χ1) is 11.1. The van der Waals surface area contributed by atoms with E-state index in [-0.39, 0.29) is 12.3 Å². The molecule has 0 saturated heterocycles. The van der Waals surface area contributed by atoms with Crippen LogP contribution in [0.1, 0.15) is 21.5 Å². The van der Waals surface area contributed by atoms with Crippen LogP contribution in [-0.2, 0) is 16.0 Å². The largest absolute Gasteiger partial charge is 0.467 e. The molecule has 0 radical (unpaired) electrons. The summed E-state index contributed by atoms with van der Waals surface area (Å²) in [4.78, 5) is 24.2. The lowest BCUT2D eigenvalue weighted by atomic mass is 10.0. The Morgan fingerprint density at radius 3 is 2.57 bits per heavy atom. The molecule has 0 heterocycles. The van der Waals surface area contributed by atoms with Gasteiger partial charge in [0.1, 0.15) is 6.04 Å². The standard InChI is InChI=1S/C18H16N2O3/c1-23-18(22)16(11-13-6-5-7-14(10-13)12-19)20-17(21)15-8-3-2-4-9-15/h2-10,16H,11H2,1H3,(H,20,21)/t16-/m1/s1. The Hall–Kier alpha value is -3.13. The van der Waals surface area contributed by atoms with Crippen LogP contribution >= 0.6 is 0 Å². The zero-order chi connectivity index (χ0) is 16.7. The number of nitrogens with zero attached hydrogens (tertiary/aromatic N) is 1. The minimum absolute atomic E-state index is 0.251. The molecule has 1 N–H and O–H groups in total. The van der Waals surface area contributed by atoms with Gasteiger partial charge in [0, 0.05) is 12.0 Å². The predicted molar refractivity (Wildman–Crippen MR) is 84.6 cm³/mol. The third-order valence-electron chi connectivity index (χ3n) is 3.32. The summed E-state index contributed by atoms with van der Waals surface area (Å²) in [6.45, 7) is 0. The van der Waals surface area contributed by atoms with Gasteiger partial charge in [-0.2, -0.15) is 5.26 Å². The number of ether oxygens (including phenoxy) is 1. The molecular formula is C18H16N2O3. The van der Waals surface area contributed by atoms with Crippen molar-refractivity contribution in [3.8, 4) is 6.07 Å². The average Bonchev–Trinajstić information content (AvgIpc) is 2.61. The van der Waals surface area contributed by atoms with Crippen molar-refractivity contribution in [2.75, 3.05) is 7.11 Å². The van der Waals surface area contributed by atoms with Crippen molar-refractivity contribution in [3.05, 3.63) is 71.3 Å². The van der Waals surface area contributed by atoms with Gasteiger partial charge in [0.15, 0.2) is 0 Å². The van der Waals surface area contributed by atoms with Crippen molar-refractivity contribution in [1.29, 1.82) is 5.26 Å². The molecule has 23 heavy (non-hydrogen) atoms. The number of hydrogen-bond acceptors (Lipinski definition) is 4. The van der Waals surface area contributed by atoms with Crippen LogP contribution in [0.2, 0.25) is 0 Å². The average molecular weight is 308 g/mol. The molecule has 0 spiro atoms. The first kappa shape index (κ1) is 16.2. The van der Waals surface area contributed by atoms with Gasteiger partial charge in [-0.3, -0.25) is 4.79 Å². The van der Waals surface area contributed by atoms with E-state index >= 15 is 0 Å². The fourth-order valence-corrected chi connectivity index (χ4v) is 2.17. The van der Waals surface area contributed by atoms with Crippen LogP contribution in [0, 0.1) is 11.3 Å². The summed E-state index contributed by atoms with van der Waals surface area (Å²) in [5.41, 5.74) is 1.74. The molecule has 2 rings (SSSR count). The maximum absolute atomic E-state index is 12.2. The molecule has 0 aromatic heterocycles. The molecule has 5 heteroatoms. The summed E-state index contributed by atoms with van der Waals surface area (Å²) < 4.78 is 4.76. The Bertz CT molecular complexity index is 735. The maximum atomic E-state index is 12.2. The number of nitriles is 1. The zero-order valence-electron chi connectivity index (χ0n) is 12.7. The molecule has 0 saturated carbocycles. The van der Waals surface area contributed by atoms with Gasteiger partial charge in [0.05, 0.1) is 18.7 Å². The number of methoxy groups -OCH3 is 1. The van der Waals surface area contributed by atoms with Crippen molar-refractivity contribution in [3.63, 3.8) is 0 Å². The molecule has 1 amide bonds. The van der Waals surface area contributed by atoms with Crippen LogP contribution in [0.5, 0.6) is 0 Å². The summed E-state index contributed by atoms with van der Waals surface area (Å²) in [6.07, 6.45) is 0.251. The number of rotatable bonds is 5. The third kappa shape index (κ3) is 4.42. The SMILES string of the molecule is COC(=O)[C@@H](Cc1cccc(C#N)c1)NC(=O)c1ccccc1. The monoisotopic (exact) mass is 308 g/mol. The van der Waals surface area contributed by atoms with Gasteiger partial charge < -0.3 is 10.1 Å². The first-order valence-corrected chi connectivity index (χ1v) is 7.07. The molecule has 2 aromatic rings. The summed E-state index contributed by atoms with van der Waals surface area (Å²) in [5, 5.41) is 11.6. The van der Waals surface area contributed by atoms with E-state index in [0.29, 0.717) is 11.1 Å². The topological polar surface area (TPSA) is 79.2 Å². The van der Waals surface area contributed by atoms with E-state index in [1.54, 1.807) is 48.5 Å². The van der Waals surface area contributed by atoms with E-state index in [0.717, 1.165) is 5.56 Å². The lowest BCUT2D eigenvalue weighted by Gasteiger charge is -2.16. The highest BCUT2D eigenvalue weighted by Crippen LogP contribution is 2.09. The molecule has 0 fully saturated rings. The van der Waals surface area contributed by atoms with Crippen LogP contribution in [0.15, 0.2) is 54.6 Å². The fraction of sp³-hybridized carbons (Fsp3) is 0.167. The second-order valence-corrected chi connectivity index (χ2v) is 4.93. The van der Waals surface area contributed by atoms with Crippen molar-refractivity contribution < 1.29 is 14.3 Å². The summed E-state index contributed by atoms with van der Waals surface area (Å²) in [7, 11) is 1.27. The van der Waals surface area contributed by atoms with Gasteiger partial charge >= 0.3 is 5.97 Å². The minimum atomic E-state index is -0.818. The lowest BCUT2D eigenvalue weighted by molar-refractivity contribution is -0.142. The number of carbonyl (C=O) groups excluding carboxylic acids is 2. The minimum Gasteiger partial charge on any atom is -0.467 e. The van der Waals surface area contributed by atoms with E-state index in [9.17, 15) is 9.59 Å². The van der Waals surface area contributed by atoms with Gasteiger partial charge in [-0.05, 0) is 29.8 Å². The van der Waals surface area contributed by atoms with Crippen molar-refractivity contribution in [1.82, 2.24) is 5.32 Å². The van der Waals surface area contributed by atoms with Crippen LogP contribution in [0.25, 0.3) is 0 Å². The van der Waals surface area contributed by atoms with E-state index in [1.807, 2.05) is 12.1 Å². The van der Waals surface area contributed by atoms with Crippen molar-refractivity contribution in [2.45, 2.75) is 12.5 Å². The normalized spacial score (nSPS) is 11.1. The molecular weight excluding hydrogens is 292 g/mol. The van der Waals surface area contributed by atoms with E-state index in [4.69, 9.17) is 10.00 Å². The Morgan fingerprint density at radius 2 is 1.91 bits per heavy atom. The number of esters is 1. The highest BCUT2D eigenvalue weighted by atomic mass is 16.5. The predicted octanol–water partition coefficient (Wildman–Crippen LogP) is 2.07. The Morgan fingerprint density at radius 1 is 1.17 bits per heavy atom. The summed E-state index contributed by atoms with van der Waals surface area (Å²) >= 11 is 0. The lowest BCUT2D eigenvalue weighted by Crippen LogP contribution is -2.43. The molecule has 0 unspecified atom stereocenters. The smallest absolute Gasteiger partial charge is 0.328 e. The van der Waals surface area contributed by atoms with E-state index in [1.165, 1.54) is 7.11 Å². The zero-order valence-corrected chi connectivity index (χ0v) is 12.7. The molecule has 0 bridgehead atoms. The Balaban J connectivity index is 2.16. The number of hydrogen-bond donors (Lipinski definition) is 1. The highest BCUT2D eigenvalue weighted by molar-refractivity contribution is 5.96. The Kier molecular flexibility index (Phi) is 5.48. The van der Waals surface area contributed by atoms with Crippen LogP contribution in [0.3, 0.4) is 0 Å². The summed E-state index contributed by atoms with van der Waals surface area (Å²) in [5.74, 6) is -0.880. The van der Waals surface area contributed by atoms with Gasteiger partial charge in [-0.1, -0.05) is 30.3 Å². The second kappa shape index (κ2) is 7.76. The number of carbonyl (C=O) groups is 2. The highest BCUT2D eigenvalue weighted by Gasteiger charge is 2.22. The number of benzene rings is 2. The molecule has 0 aliphatic carbocycles. The number of nitrogens with one attached hydrogen (secondary N) is 1. The Labute approximate surface area is 134 Å². The summed E-state index contributed by atoms with van der Waals surface area (Å²) in [6, 6.07) is 16.8. The molecule has 116 valence electrons. The first-order valence-electron chi connectivity index (χ1n) is 7.07. The van der Waals surface area contributed by atoms with E-state index in [2.05, 4.69) is 5.32 Å². The van der Waals surface area contributed by atoms with Gasteiger partial charge in [0.2, 0.25) is 0 Å². The van der Waals surface area contributed by atoms with Crippen LogP contribution in [0.4, 0.5) is 0 Å². The molecule has 2 aromatic carbocycles. The fourth-order valence-electron chi connectivity index (χ4n) is 2.17. The van der Waals surface area contributed by atoms with Gasteiger partial charge in [-0.15, -0.1) is 0 Å². The molecule has 0 aliphatic rings. The third-order valence-corrected chi connectivity index (χ3v) is 3.32. The second-order valence-electron chi connectivity index (χ2n) is 4.93. The van der Waals surface area contributed by atoms with Crippen LogP contribution < -0.4 is 5.32 Å². The molecule has 0 aliphatic heterocycles. The quantitative estimate of drug-likeness (QED) is 0.858. The molecule has 1 atom stereocenters. The van der Waals surface area contributed by atoms with Crippen molar-refractivity contribution in [2.24, 2.45) is 0 Å². The van der Waals surface area contributed by atoms with Crippen molar-refractivity contribution >= 4 is 11.9 Å². The van der Waals surface area contributed by atoms with Gasteiger partial charge in [-0.25, -0.2) is 4.79 Å². The maximum Gasteiger partial charge on any atom is 0.328 e. The van der Waals surface area contributed by atoms with Crippen LogP contribution in [-0.4, -0.2) is 25.0 Å². The molecule has 5 nitrogen and oxygen atoms in total.